The molecule has 1 saturated heterocycles. The largest absolute Gasteiger partial charge is 0.396 e. The summed E-state index contributed by atoms with van der Waals surface area (Å²) in [6.45, 7) is 7.01. The predicted octanol–water partition coefficient (Wildman–Crippen LogP) is 2.11. The number of nitrogens with zero attached hydrogens (tertiary/aromatic N) is 2. The lowest BCUT2D eigenvalue weighted by Gasteiger charge is -2.16. The Kier molecular flexibility index (Phi) is 9.81. The molecule has 25 heavy (non-hydrogen) atoms. The van der Waals surface area contributed by atoms with Crippen LogP contribution in [0.15, 0.2) is 29.3 Å². The summed E-state index contributed by atoms with van der Waals surface area (Å²) < 4.78 is 0. The number of amides is 1. The van der Waals surface area contributed by atoms with E-state index in [0.29, 0.717) is 19.5 Å². The van der Waals surface area contributed by atoms with Gasteiger partial charge in [0.1, 0.15) is 0 Å². The fourth-order valence-corrected chi connectivity index (χ4v) is 2.55. The lowest BCUT2D eigenvalue weighted by molar-refractivity contribution is -0.117. The molecule has 0 aromatic heterocycles. The van der Waals surface area contributed by atoms with E-state index < -0.39 is 0 Å². The zero-order valence-corrected chi connectivity index (χ0v) is 17.3. The molecule has 1 amide bonds. The summed E-state index contributed by atoms with van der Waals surface area (Å²) in [7, 11) is 0. The number of hydrogen-bond acceptors (Lipinski definition) is 3. The molecule has 1 aliphatic rings. The van der Waals surface area contributed by atoms with Crippen molar-refractivity contribution in [3.63, 3.8) is 0 Å². The first kappa shape index (κ1) is 21.7. The van der Waals surface area contributed by atoms with E-state index in [-0.39, 0.29) is 42.4 Å². The van der Waals surface area contributed by atoms with Crippen LogP contribution in [0.25, 0.3) is 0 Å². The van der Waals surface area contributed by atoms with Crippen molar-refractivity contribution in [2.45, 2.75) is 33.2 Å². The molecular weight excluding hydrogens is 431 g/mol. The zero-order chi connectivity index (χ0) is 17.4. The molecule has 0 radical (unpaired) electrons. The van der Waals surface area contributed by atoms with Crippen LogP contribution in [-0.2, 0) is 11.3 Å². The molecule has 1 heterocycles. The molecule has 1 aliphatic heterocycles. The van der Waals surface area contributed by atoms with E-state index in [1.807, 2.05) is 43.0 Å². The Labute approximate surface area is 167 Å². The van der Waals surface area contributed by atoms with Crippen molar-refractivity contribution in [3.05, 3.63) is 29.8 Å². The maximum atomic E-state index is 11.8. The average molecular weight is 460 g/mol. The van der Waals surface area contributed by atoms with Gasteiger partial charge in [-0.25, -0.2) is 4.99 Å². The highest BCUT2D eigenvalue weighted by Gasteiger charge is 2.21. The summed E-state index contributed by atoms with van der Waals surface area (Å²) in [5.74, 6) is 1.14. The summed E-state index contributed by atoms with van der Waals surface area (Å²) in [6, 6.07) is 8.01. The molecule has 0 saturated carbocycles. The molecule has 2 rings (SSSR count). The number of anilines is 1. The van der Waals surface area contributed by atoms with E-state index in [1.54, 1.807) is 0 Å². The van der Waals surface area contributed by atoms with Crippen molar-refractivity contribution in [2.24, 2.45) is 10.9 Å². The van der Waals surface area contributed by atoms with Crippen LogP contribution in [-0.4, -0.2) is 43.2 Å². The minimum Gasteiger partial charge on any atom is -0.396 e. The normalized spacial score (nSPS) is 15.7. The number of aliphatic hydroxyl groups excluding tert-OH is 1. The second kappa shape index (κ2) is 11.3. The number of guanidine groups is 1. The second-order valence-electron chi connectivity index (χ2n) is 6.18. The minimum absolute atomic E-state index is 0. The fourth-order valence-electron chi connectivity index (χ4n) is 2.55. The SMILES string of the molecule is CCNC(=NCc1ccc(N2CCCC2=O)cc1)NCC(C)CO.I. The highest BCUT2D eigenvalue weighted by Crippen LogP contribution is 2.21. The summed E-state index contributed by atoms with van der Waals surface area (Å²) >= 11 is 0. The van der Waals surface area contributed by atoms with Crippen molar-refractivity contribution in [3.8, 4) is 0 Å². The smallest absolute Gasteiger partial charge is 0.227 e. The number of carbonyl (C=O) groups is 1. The lowest BCUT2D eigenvalue weighted by Crippen LogP contribution is -2.39. The van der Waals surface area contributed by atoms with Crippen LogP contribution in [0, 0.1) is 5.92 Å². The quantitative estimate of drug-likeness (QED) is 0.331. The van der Waals surface area contributed by atoms with Crippen molar-refractivity contribution >= 4 is 41.5 Å². The highest BCUT2D eigenvalue weighted by molar-refractivity contribution is 14.0. The Balaban J connectivity index is 0.00000312. The molecule has 140 valence electrons. The third-order valence-electron chi connectivity index (χ3n) is 4.02. The molecule has 3 N–H and O–H groups in total. The Hall–Kier alpha value is -1.35. The van der Waals surface area contributed by atoms with E-state index in [0.717, 1.165) is 36.7 Å². The standard InChI is InChI=1S/C18H28N4O2.HI/c1-3-19-18(20-11-14(2)13-23)21-12-15-6-8-16(9-7-15)22-10-4-5-17(22)24;/h6-9,14,23H,3-5,10-13H2,1-2H3,(H2,19,20,21);1H. The van der Waals surface area contributed by atoms with Gasteiger partial charge in [-0.1, -0.05) is 19.1 Å². The molecule has 1 fully saturated rings. The zero-order valence-electron chi connectivity index (χ0n) is 15.0. The summed E-state index contributed by atoms with van der Waals surface area (Å²) in [6.07, 6.45) is 1.59. The Morgan fingerprint density at radius 1 is 1.32 bits per heavy atom. The molecule has 7 heteroatoms. The average Bonchev–Trinajstić information content (AvgIpc) is 3.03. The molecule has 0 aliphatic carbocycles. The van der Waals surface area contributed by atoms with Crippen LogP contribution < -0.4 is 15.5 Å². The van der Waals surface area contributed by atoms with Crippen LogP contribution in [0.1, 0.15) is 32.3 Å². The van der Waals surface area contributed by atoms with Gasteiger partial charge < -0.3 is 20.6 Å². The first-order valence-corrected chi connectivity index (χ1v) is 8.66. The summed E-state index contributed by atoms with van der Waals surface area (Å²) in [4.78, 5) is 18.2. The molecule has 0 bridgehead atoms. The molecule has 1 aromatic carbocycles. The van der Waals surface area contributed by atoms with Crippen molar-refractivity contribution < 1.29 is 9.90 Å². The van der Waals surface area contributed by atoms with Gasteiger partial charge in [-0.3, -0.25) is 4.79 Å². The summed E-state index contributed by atoms with van der Waals surface area (Å²) in [5.41, 5.74) is 2.06. The van der Waals surface area contributed by atoms with Crippen LogP contribution in [0.5, 0.6) is 0 Å². The van der Waals surface area contributed by atoms with Crippen LogP contribution in [0.2, 0.25) is 0 Å². The number of benzene rings is 1. The van der Waals surface area contributed by atoms with Crippen molar-refractivity contribution in [1.29, 1.82) is 0 Å². The third-order valence-corrected chi connectivity index (χ3v) is 4.02. The number of rotatable bonds is 7. The first-order chi connectivity index (χ1) is 11.6. The monoisotopic (exact) mass is 460 g/mol. The maximum Gasteiger partial charge on any atom is 0.227 e. The number of aliphatic hydroxyl groups is 1. The lowest BCUT2D eigenvalue weighted by atomic mass is 10.2. The van der Waals surface area contributed by atoms with E-state index in [1.165, 1.54) is 0 Å². The highest BCUT2D eigenvalue weighted by atomic mass is 127. The Morgan fingerprint density at radius 2 is 2.04 bits per heavy atom. The molecule has 1 aromatic rings. The van der Waals surface area contributed by atoms with Gasteiger partial charge in [0.05, 0.1) is 6.54 Å². The van der Waals surface area contributed by atoms with Crippen LogP contribution >= 0.6 is 24.0 Å². The first-order valence-electron chi connectivity index (χ1n) is 8.66. The minimum atomic E-state index is 0. The number of aliphatic imine (C=N–C) groups is 1. The van der Waals surface area contributed by atoms with Gasteiger partial charge in [0.2, 0.25) is 5.91 Å². The van der Waals surface area contributed by atoms with Gasteiger partial charge in [-0.05, 0) is 37.0 Å². The van der Waals surface area contributed by atoms with Crippen LogP contribution in [0.4, 0.5) is 5.69 Å². The topological polar surface area (TPSA) is 77.0 Å². The molecular formula is C18H29IN4O2. The van der Waals surface area contributed by atoms with Gasteiger partial charge in [0.15, 0.2) is 5.96 Å². The number of carbonyl (C=O) groups excluding carboxylic acids is 1. The van der Waals surface area contributed by atoms with Crippen molar-refractivity contribution in [2.75, 3.05) is 31.1 Å². The van der Waals surface area contributed by atoms with E-state index >= 15 is 0 Å². The second-order valence-corrected chi connectivity index (χ2v) is 6.18. The maximum absolute atomic E-state index is 11.8. The van der Waals surface area contributed by atoms with Gasteiger partial charge in [0, 0.05) is 38.3 Å². The Bertz CT molecular complexity index is 563. The fraction of sp³-hybridized carbons (Fsp3) is 0.556. The number of nitrogens with one attached hydrogen (secondary N) is 2. The van der Waals surface area contributed by atoms with Gasteiger partial charge in [-0.2, -0.15) is 0 Å². The third kappa shape index (κ3) is 6.81. The van der Waals surface area contributed by atoms with Crippen molar-refractivity contribution in [1.82, 2.24) is 10.6 Å². The van der Waals surface area contributed by atoms with E-state index in [2.05, 4.69) is 15.6 Å². The van der Waals surface area contributed by atoms with Crippen LogP contribution in [0.3, 0.4) is 0 Å². The van der Waals surface area contributed by atoms with Gasteiger partial charge >= 0.3 is 0 Å². The molecule has 1 atom stereocenters. The van der Waals surface area contributed by atoms with Gasteiger partial charge in [0.25, 0.3) is 0 Å². The molecule has 6 nitrogen and oxygen atoms in total. The predicted molar refractivity (Wildman–Crippen MR) is 113 cm³/mol. The summed E-state index contributed by atoms with van der Waals surface area (Å²) in [5, 5.41) is 15.5. The number of halogens is 1. The molecule has 0 spiro atoms. The van der Waals surface area contributed by atoms with E-state index in [4.69, 9.17) is 5.11 Å². The van der Waals surface area contributed by atoms with E-state index in [9.17, 15) is 4.79 Å². The number of hydrogen-bond donors (Lipinski definition) is 3. The Morgan fingerprint density at radius 3 is 2.60 bits per heavy atom. The molecule has 1 unspecified atom stereocenters. The van der Waals surface area contributed by atoms with Gasteiger partial charge in [-0.15, -0.1) is 24.0 Å².